The van der Waals surface area contributed by atoms with Crippen LogP contribution in [-0.2, 0) is 10.0 Å². The molecule has 1 unspecified atom stereocenters. The minimum atomic E-state index is -3.45. The smallest absolute Gasteiger partial charge is 0.243 e. The number of halogens is 1. The van der Waals surface area contributed by atoms with Gasteiger partial charge in [0.15, 0.2) is 0 Å². The van der Waals surface area contributed by atoms with Gasteiger partial charge in [-0.25, -0.2) is 8.42 Å². The van der Waals surface area contributed by atoms with Crippen molar-refractivity contribution < 1.29 is 30.9 Å². The average Bonchev–Trinajstić information content (AvgIpc) is 2.77. The van der Waals surface area contributed by atoms with Crippen molar-refractivity contribution in [2.75, 3.05) is 26.7 Å². The summed E-state index contributed by atoms with van der Waals surface area (Å²) in [5, 5.41) is 2.25. The zero-order valence-corrected chi connectivity index (χ0v) is 20.8. The number of benzene rings is 1. The highest BCUT2D eigenvalue weighted by Crippen LogP contribution is 2.23. The zero-order chi connectivity index (χ0) is 21.7. The Labute approximate surface area is 196 Å². The minimum Gasteiger partial charge on any atom is -1.00 e. The lowest BCUT2D eigenvalue weighted by atomic mass is 10.0. The Morgan fingerprint density at radius 1 is 1.03 bits per heavy atom. The van der Waals surface area contributed by atoms with Crippen molar-refractivity contribution >= 4 is 10.0 Å². The summed E-state index contributed by atoms with van der Waals surface area (Å²) >= 11 is 0. The third-order valence-corrected chi connectivity index (χ3v) is 7.83. The van der Waals surface area contributed by atoms with Crippen molar-refractivity contribution in [3.8, 4) is 5.75 Å². The Hall–Kier alpha value is -1.08. The molecule has 1 heterocycles. The first kappa shape index (κ1) is 28.0. The van der Waals surface area contributed by atoms with Gasteiger partial charge in [0.1, 0.15) is 5.75 Å². The highest BCUT2D eigenvalue weighted by Gasteiger charge is 2.34. The highest BCUT2D eigenvalue weighted by atomic mass is 35.5. The molecule has 0 aromatic heterocycles. The summed E-state index contributed by atoms with van der Waals surface area (Å²) in [6.45, 7) is 4.51. The lowest BCUT2D eigenvalue weighted by Crippen LogP contribution is -3.00. The summed E-state index contributed by atoms with van der Waals surface area (Å²) in [7, 11) is -1.86. The maximum atomic E-state index is 13.2. The second-order valence-corrected chi connectivity index (χ2v) is 10.1. The Morgan fingerprint density at radius 3 is 2.35 bits per heavy atom. The van der Waals surface area contributed by atoms with Crippen LogP contribution in [0.1, 0.15) is 71.1 Å². The Bertz CT molecular complexity index is 723. The molecule has 5 nitrogen and oxygen atoms in total. The molecular formula is C24H41ClN2O3S. The van der Waals surface area contributed by atoms with E-state index < -0.39 is 10.0 Å². The maximum absolute atomic E-state index is 13.2. The second-order valence-electron chi connectivity index (χ2n) is 8.22. The molecule has 1 fully saturated rings. The summed E-state index contributed by atoms with van der Waals surface area (Å²) < 4.78 is 33.2. The second kappa shape index (κ2) is 15.7. The molecule has 0 saturated carbocycles. The van der Waals surface area contributed by atoms with E-state index in [2.05, 4.69) is 24.4 Å². The van der Waals surface area contributed by atoms with Gasteiger partial charge in [-0.2, -0.15) is 4.31 Å². The van der Waals surface area contributed by atoms with Crippen molar-refractivity contribution in [3.05, 3.63) is 36.4 Å². The van der Waals surface area contributed by atoms with Gasteiger partial charge in [0, 0.05) is 0 Å². The SMILES string of the molecule is CCCC/C=C\CCCCCCCC1C[NH2+]CCN1S(=O)(=O)c1ccc(OC)cc1.[Cl-]. The molecule has 0 aliphatic carbocycles. The van der Waals surface area contributed by atoms with Crippen molar-refractivity contribution in [3.63, 3.8) is 0 Å². The summed E-state index contributed by atoms with van der Waals surface area (Å²) in [6.07, 6.45) is 16.6. The van der Waals surface area contributed by atoms with Gasteiger partial charge in [-0.15, -0.1) is 0 Å². The monoisotopic (exact) mass is 472 g/mol. The van der Waals surface area contributed by atoms with Gasteiger partial charge in [-0.1, -0.05) is 57.6 Å². The molecule has 0 amide bonds. The van der Waals surface area contributed by atoms with Gasteiger partial charge in [0.25, 0.3) is 0 Å². The molecule has 178 valence electrons. The molecule has 0 bridgehead atoms. The number of quaternary nitrogens is 1. The van der Waals surface area contributed by atoms with Crippen molar-refractivity contribution in [2.45, 2.75) is 82.1 Å². The standard InChI is InChI=1S/C24H40N2O3S.ClH/c1-3-4-5-6-7-8-9-10-11-12-13-14-22-21-25-19-20-26(22)30(27,28)24-17-15-23(29-2)16-18-24;/h6-7,15-18,22,25H,3-5,8-14,19-21H2,1-2H3;1H/b7-6-;. The molecule has 0 spiro atoms. The molecule has 1 aromatic carbocycles. The summed E-state index contributed by atoms with van der Waals surface area (Å²) in [4.78, 5) is 0.363. The lowest BCUT2D eigenvalue weighted by Gasteiger charge is -2.33. The molecule has 7 heteroatoms. The average molecular weight is 473 g/mol. The number of allylic oxidation sites excluding steroid dienone is 2. The third kappa shape index (κ3) is 9.52. The van der Waals surface area contributed by atoms with Crippen LogP contribution in [0.25, 0.3) is 0 Å². The van der Waals surface area contributed by atoms with Gasteiger partial charge in [-0.3, -0.25) is 0 Å². The van der Waals surface area contributed by atoms with Crippen LogP contribution in [-0.4, -0.2) is 45.5 Å². The number of nitrogens with zero attached hydrogens (tertiary/aromatic N) is 1. The van der Waals surface area contributed by atoms with E-state index in [0.29, 0.717) is 17.2 Å². The predicted octanol–water partition coefficient (Wildman–Crippen LogP) is 1.11. The van der Waals surface area contributed by atoms with Crippen molar-refractivity contribution in [1.82, 2.24) is 4.31 Å². The van der Waals surface area contributed by atoms with Crippen LogP contribution >= 0.6 is 0 Å². The van der Waals surface area contributed by atoms with E-state index in [-0.39, 0.29) is 18.4 Å². The molecule has 1 aromatic rings. The Kier molecular flexibility index (Phi) is 14.1. The van der Waals surface area contributed by atoms with Gasteiger partial charge in [0.05, 0.1) is 37.7 Å². The largest absolute Gasteiger partial charge is 1.00 e. The maximum Gasteiger partial charge on any atom is 0.243 e. The third-order valence-electron chi connectivity index (χ3n) is 5.86. The fraction of sp³-hybridized carbons (Fsp3) is 0.667. The fourth-order valence-electron chi connectivity index (χ4n) is 4.02. The first-order chi connectivity index (χ1) is 14.6. The number of nitrogens with two attached hydrogens (primary N) is 1. The van der Waals surface area contributed by atoms with Gasteiger partial charge < -0.3 is 22.5 Å². The highest BCUT2D eigenvalue weighted by molar-refractivity contribution is 7.89. The van der Waals surface area contributed by atoms with Crippen LogP contribution in [0.5, 0.6) is 5.75 Å². The Morgan fingerprint density at radius 2 is 1.68 bits per heavy atom. The van der Waals surface area contributed by atoms with Crippen LogP contribution < -0.4 is 22.5 Å². The van der Waals surface area contributed by atoms with E-state index in [1.165, 1.54) is 51.4 Å². The number of ether oxygens (including phenoxy) is 1. The van der Waals surface area contributed by atoms with Gasteiger partial charge in [-0.05, 0) is 49.9 Å². The van der Waals surface area contributed by atoms with E-state index in [9.17, 15) is 8.42 Å². The van der Waals surface area contributed by atoms with Crippen LogP contribution in [0.2, 0.25) is 0 Å². The number of sulfonamides is 1. The molecule has 1 aliphatic rings. The number of piperazine rings is 1. The minimum absolute atomic E-state index is 0. The number of hydrogen-bond donors (Lipinski definition) is 1. The van der Waals surface area contributed by atoms with E-state index in [1.807, 2.05) is 0 Å². The molecule has 31 heavy (non-hydrogen) atoms. The lowest BCUT2D eigenvalue weighted by molar-refractivity contribution is -0.667. The van der Waals surface area contributed by atoms with E-state index >= 15 is 0 Å². The summed E-state index contributed by atoms with van der Waals surface area (Å²) in [6, 6.07) is 6.83. The van der Waals surface area contributed by atoms with Gasteiger partial charge in [0.2, 0.25) is 10.0 Å². The summed E-state index contributed by atoms with van der Waals surface area (Å²) in [5.74, 6) is 0.675. The van der Waals surface area contributed by atoms with E-state index in [4.69, 9.17) is 4.74 Å². The first-order valence-corrected chi connectivity index (χ1v) is 13.2. The molecule has 1 saturated heterocycles. The summed E-state index contributed by atoms with van der Waals surface area (Å²) in [5.41, 5.74) is 0. The number of rotatable bonds is 14. The van der Waals surface area contributed by atoms with Crippen molar-refractivity contribution in [1.29, 1.82) is 0 Å². The quantitative estimate of drug-likeness (QED) is 0.326. The van der Waals surface area contributed by atoms with Crippen LogP contribution in [0, 0.1) is 0 Å². The first-order valence-electron chi connectivity index (χ1n) is 11.7. The molecule has 2 N–H and O–H groups in total. The number of unbranched alkanes of at least 4 members (excludes halogenated alkanes) is 7. The topological polar surface area (TPSA) is 63.2 Å². The molecule has 1 atom stereocenters. The Balaban J connectivity index is 0.00000480. The molecular weight excluding hydrogens is 432 g/mol. The number of hydrogen-bond acceptors (Lipinski definition) is 3. The molecule has 2 rings (SSSR count). The zero-order valence-electron chi connectivity index (χ0n) is 19.3. The molecule has 0 radical (unpaired) electrons. The van der Waals surface area contributed by atoms with Crippen LogP contribution in [0.3, 0.4) is 0 Å². The normalized spacial score (nSPS) is 17.5. The van der Waals surface area contributed by atoms with Crippen molar-refractivity contribution in [2.24, 2.45) is 0 Å². The van der Waals surface area contributed by atoms with Crippen LogP contribution in [0.4, 0.5) is 0 Å². The van der Waals surface area contributed by atoms with E-state index in [0.717, 1.165) is 25.9 Å². The van der Waals surface area contributed by atoms with Gasteiger partial charge >= 0.3 is 0 Å². The predicted molar refractivity (Wildman–Crippen MR) is 123 cm³/mol. The van der Waals surface area contributed by atoms with E-state index in [1.54, 1.807) is 35.7 Å². The molecule has 1 aliphatic heterocycles. The fourth-order valence-corrected chi connectivity index (χ4v) is 5.70. The van der Waals surface area contributed by atoms with Crippen LogP contribution in [0.15, 0.2) is 41.3 Å². The number of methoxy groups -OCH3 is 1.